The molecule has 1 aliphatic heterocycles. The number of hydrazine groups is 1. The highest BCUT2D eigenvalue weighted by Crippen LogP contribution is 2.35. The molecule has 0 fully saturated rings. The maximum absolute atomic E-state index is 12.8. The van der Waals surface area contributed by atoms with Gasteiger partial charge in [0.05, 0.1) is 5.70 Å². The van der Waals surface area contributed by atoms with Gasteiger partial charge in [0.25, 0.3) is 0 Å². The maximum Gasteiger partial charge on any atom is 0.241 e. The van der Waals surface area contributed by atoms with Gasteiger partial charge in [-0.05, 0) is 48.1 Å². The van der Waals surface area contributed by atoms with Crippen molar-refractivity contribution >= 4 is 29.2 Å². The summed E-state index contributed by atoms with van der Waals surface area (Å²) in [4.78, 5) is 23.4. The first-order valence-electron chi connectivity index (χ1n) is 9.33. The second kappa shape index (κ2) is 8.93. The normalized spacial score (nSPS) is 15.9. The van der Waals surface area contributed by atoms with Crippen LogP contribution in [-0.2, 0) is 16.0 Å². The summed E-state index contributed by atoms with van der Waals surface area (Å²) < 4.78 is 0. The molecule has 0 unspecified atom stereocenters. The van der Waals surface area contributed by atoms with Crippen molar-refractivity contribution in [3.8, 4) is 0 Å². The third-order valence-corrected chi connectivity index (χ3v) is 5.13. The quantitative estimate of drug-likeness (QED) is 0.778. The van der Waals surface area contributed by atoms with E-state index in [0.29, 0.717) is 5.02 Å². The average molecular weight is 398 g/mol. The molecule has 0 saturated carbocycles. The van der Waals surface area contributed by atoms with E-state index >= 15 is 0 Å². The first-order chi connectivity index (χ1) is 13.5. The lowest BCUT2D eigenvalue weighted by Crippen LogP contribution is -2.39. The van der Waals surface area contributed by atoms with Gasteiger partial charge in [0.2, 0.25) is 5.91 Å². The predicted octanol–water partition coefficient (Wildman–Crippen LogP) is 3.25. The topological polar surface area (TPSA) is 72.5 Å². The summed E-state index contributed by atoms with van der Waals surface area (Å²) in [6, 6.07) is 15.2. The number of carbonyl (C=O) groups excluding carboxylic acids is 2. The lowest BCUT2D eigenvalue weighted by molar-refractivity contribution is -0.305. The van der Waals surface area contributed by atoms with E-state index in [9.17, 15) is 14.7 Å². The van der Waals surface area contributed by atoms with Gasteiger partial charge >= 0.3 is 0 Å². The number of halogens is 1. The number of aryl methyl sites for hydroxylation is 1. The lowest BCUT2D eigenvalue weighted by Gasteiger charge is -2.26. The molecule has 0 aromatic heterocycles. The van der Waals surface area contributed by atoms with Crippen LogP contribution in [0.2, 0.25) is 5.02 Å². The zero-order chi connectivity index (χ0) is 20.1. The van der Waals surface area contributed by atoms with Crippen molar-refractivity contribution in [1.29, 1.82) is 0 Å². The molecule has 5 nitrogen and oxygen atoms in total. The Bertz CT molecular complexity index is 893. The molecule has 1 N–H and O–H groups in total. The number of aliphatic carboxylic acids is 1. The maximum atomic E-state index is 12.8. The number of carbonyl (C=O) groups is 2. The van der Waals surface area contributed by atoms with E-state index in [1.54, 1.807) is 6.07 Å². The monoisotopic (exact) mass is 397 g/mol. The molecular weight excluding hydrogens is 376 g/mol. The van der Waals surface area contributed by atoms with Gasteiger partial charge in [-0.2, -0.15) is 0 Å². The molecule has 146 valence electrons. The largest absolute Gasteiger partial charge is 0.550 e. The number of nitrogens with zero attached hydrogens (tertiary/aromatic N) is 1. The van der Waals surface area contributed by atoms with Gasteiger partial charge in [0.1, 0.15) is 6.04 Å². The van der Waals surface area contributed by atoms with Crippen LogP contribution in [0.1, 0.15) is 48.9 Å². The molecule has 2 aromatic rings. The number of hydrogen-bond acceptors (Lipinski definition) is 4. The van der Waals surface area contributed by atoms with Crippen molar-refractivity contribution < 1.29 is 14.7 Å². The third-order valence-electron chi connectivity index (χ3n) is 4.78. The predicted molar refractivity (Wildman–Crippen MR) is 107 cm³/mol. The number of benzene rings is 2. The van der Waals surface area contributed by atoms with E-state index in [1.807, 2.05) is 36.4 Å². The number of carboxylic acids is 1. The Balaban J connectivity index is 1.87. The molecule has 1 amide bonds. The van der Waals surface area contributed by atoms with Crippen LogP contribution in [0.25, 0.3) is 5.70 Å². The highest BCUT2D eigenvalue weighted by atomic mass is 35.5. The molecule has 6 heteroatoms. The van der Waals surface area contributed by atoms with Crippen LogP contribution in [0.15, 0.2) is 54.6 Å². The summed E-state index contributed by atoms with van der Waals surface area (Å²) >= 11 is 6.37. The number of carboxylic acid groups (broad SMARTS) is 1. The SMILES string of the molecule is CCc1ccc(C2=C[C@@H](c3ccccc3Cl)N(C(=O)CCCC(=O)[O-])N2)cc1. The Kier molecular flexibility index (Phi) is 6.37. The van der Waals surface area contributed by atoms with Crippen LogP contribution in [0.3, 0.4) is 0 Å². The van der Waals surface area contributed by atoms with Crippen molar-refractivity contribution in [2.75, 3.05) is 0 Å². The van der Waals surface area contributed by atoms with Gasteiger partial charge in [0, 0.05) is 17.4 Å². The number of nitrogens with one attached hydrogen (secondary N) is 1. The molecule has 1 aliphatic rings. The van der Waals surface area contributed by atoms with E-state index in [4.69, 9.17) is 11.6 Å². The van der Waals surface area contributed by atoms with Crippen LogP contribution in [0, 0.1) is 0 Å². The van der Waals surface area contributed by atoms with Crippen molar-refractivity contribution in [1.82, 2.24) is 10.4 Å². The molecule has 0 bridgehead atoms. The second-order valence-corrected chi connectivity index (χ2v) is 7.11. The van der Waals surface area contributed by atoms with E-state index < -0.39 is 5.97 Å². The smallest absolute Gasteiger partial charge is 0.241 e. The fourth-order valence-electron chi connectivity index (χ4n) is 3.22. The molecule has 0 aliphatic carbocycles. The van der Waals surface area contributed by atoms with E-state index in [0.717, 1.165) is 23.2 Å². The molecule has 2 aromatic carbocycles. The lowest BCUT2D eigenvalue weighted by atomic mass is 10.0. The highest BCUT2D eigenvalue weighted by Gasteiger charge is 2.31. The van der Waals surface area contributed by atoms with Gasteiger partial charge in [0.15, 0.2) is 0 Å². The van der Waals surface area contributed by atoms with Crippen LogP contribution in [-0.4, -0.2) is 16.9 Å². The van der Waals surface area contributed by atoms with Crippen molar-refractivity contribution in [2.24, 2.45) is 0 Å². The van der Waals surface area contributed by atoms with Crippen LogP contribution in [0.4, 0.5) is 0 Å². The summed E-state index contributed by atoms with van der Waals surface area (Å²) in [6.07, 6.45) is 3.12. The standard InChI is InChI=1S/C22H23ClN2O3/c1-2-15-10-12-16(13-11-15)19-14-20(17-6-3-4-7-18(17)23)25(24-19)21(26)8-5-9-22(27)28/h3-4,6-7,10-14,20,24H,2,5,8-9H2,1H3,(H,27,28)/p-1/t20-/m0/s1. The summed E-state index contributed by atoms with van der Waals surface area (Å²) in [5.74, 6) is -1.35. The minimum Gasteiger partial charge on any atom is -0.550 e. The second-order valence-electron chi connectivity index (χ2n) is 6.70. The fourth-order valence-corrected chi connectivity index (χ4v) is 3.46. The fraction of sp³-hybridized carbons (Fsp3) is 0.273. The van der Waals surface area contributed by atoms with E-state index in [2.05, 4.69) is 24.5 Å². The molecular formula is C22H22ClN2O3-. The van der Waals surface area contributed by atoms with Crippen LogP contribution in [0.5, 0.6) is 0 Å². The van der Waals surface area contributed by atoms with Gasteiger partial charge in [-0.25, -0.2) is 5.01 Å². The first-order valence-corrected chi connectivity index (χ1v) is 9.71. The van der Waals surface area contributed by atoms with E-state index in [-0.39, 0.29) is 31.2 Å². The summed E-state index contributed by atoms with van der Waals surface area (Å²) in [5.41, 5.74) is 7.02. The average Bonchev–Trinajstić information content (AvgIpc) is 3.13. The van der Waals surface area contributed by atoms with Gasteiger partial charge < -0.3 is 9.90 Å². The minimum atomic E-state index is -1.15. The number of hydrogen-bond donors (Lipinski definition) is 1. The molecule has 3 rings (SSSR count). The Morgan fingerprint density at radius 2 is 1.82 bits per heavy atom. The van der Waals surface area contributed by atoms with Gasteiger partial charge in [-0.3, -0.25) is 10.2 Å². The molecule has 28 heavy (non-hydrogen) atoms. The molecule has 0 saturated heterocycles. The van der Waals surface area contributed by atoms with Crippen molar-refractivity contribution in [3.63, 3.8) is 0 Å². The van der Waals surface area contributed by atoms with Crippen LogP contribution < -0.4 is 10.5 Å². The highest BCUT2D eigenvalue weighted by molar-refractivity contribution is 6.31. The Hall–Kier alpha value is -2.79. The molecule has 0 spiro atoms. The van der Waals surface area contributed by atoms with E-state index in [1.165, 1.54) is 10.6 Å². The summed E-state index contributed by atoms with van der Waals surface area (Å²) in [5, 5.41) is 12.7. The van der Waals surface area contributed by atoms with Crippen molar-refractivity contribution in [3.05, 3.63) is 76.3 Å². The van der Waals surface area contributed by atoms with Crippen molar-refractivity contribution in [2.45, 2.75) is 38.6 Å². The zero-order valence-electron chi connectivity index (χ0n) is 15.7. The van der Waals surface area contributed by atoms with Gasteiger partial charge in [-0.1, -0.05) is 61.0 Å². The molecule has 1 heterocycles. The Labute approximate surface area is 169 Å². The minimum absolute atomic E-state index is 0.109. The third kappa shape index (κ3) is 4.54. The summed E-state index contributed by atoms with van der Waals surface area (Å²) in [6.45, 7) is 2.10. The summed E-state index contributed by atoms with van der Waals surface area (Å²) in [7, 11) is 0. The number of rotatable bonds is 7. The Morgan fingerprint density at radius 1 is 1.11 bits per heavy atom. The molecule has 0 radical (unpaired) electrons. The van der Waals surface area contributed by atoms with Gasteiger partial charge in [-0.15, -0.1) is 0 Å². The van der Waals surface area contributed by atoms with Crippen LogP contribution >= 0.6 is 11.6 Å². The zero-order valence-corrected chi connectivity index (χ0v) is 16.4. The first kappa shape index (κ1) is 20.0. The number of amides is 1. The molecule has 1 atom stereocenters. The Morgan fingerprint density at radius 3 is 2.46 bits per heavy atom.